The first-order chi connectivity index (χ1) is 9.11. The predicted octanol–water partition coefficient (Wildman–Crippen LogP) is 2.75. The van der Waals surface area contributed by atoms with E-state index in [1.807, 2.05) is 20.8 Å². The number of aliphatic carboxylic acids is 1. The molecule has 2 N–H and O–H groups in total. The molecular formula is C15H20FNO3. The number of benzene rings is 1. The summed E-state index contributed by atoms with van der Waals surface area (Å²) in [7, 11) is 0. The Bertz CT molecular complexity index is 520. The van der Waals surface area contributed by atoms with Crippen LogP contribution in [0, 0.1) is 18.2 Å². The molecular weight excluding hydrogens is 261 g/mol. The number of carbonyl (C=O) groups is 2. The normalized spacial score (nSPS) is 12.8. The van der Waals surface area contributed by atoms with Crippen LogP contribution in [0.1, 0.15) is 43.1 Å². The average molecular weight is 281 g/mol. The number of aryl methyl sites for hydroxylation is 1. The van der Waals surface area contributed by atoms with Crippen LogP contribution in [0.15, 0.2) is 18.2 Å². The fourth-order valence-electron chi connectivity index (χ4n) is 1.78. The number of nitrogens with one attached hydrogen (secondary N) is 1. The lowest BCUT2D eigenvalue weighted by atomic mass is 9.84. The maximum absolute atomic E-state index is 13.2. The molecule has 1 aromatic carbocycles. The summed E-state index contributed by atoms with van der Waals surface area (Å²) in [6, 6.07) is 3.56. The number of carboxylic acids is 1. The Morgan fingerprint density at radius 1 is 1.35 bits per heavy atom. The molecule has 1 aromatic rings. The van der Waals surface area contributed by atoms with Crippen LogP contribution >= 0.6 is 0 Å². The van der Waals surface area contributed by atoms with Crippen molar-refractivity contribution in [2.75, 3.05) is 0 Å². The van der Waals surface area contributed by atoms with E-state index in [4.69, 9.17) is 5.11 Å². The number of halogens is 1. The lowest BCUT2D eigenvalue weighted by Crippen LogP contribution is -2.45. The smallest absolute Gasteiger partial charge is 0.305 e. The maximum Gasteiger partial charge on any atom is 0.305 e. The van der Waals surface area contributed by atoms with E-state index >= 15 is 0 Å². The molecule has 0 fully saturated rings. The molecule has 0 aliphatic carbocycles. The van der Waals surface area contributed by atoms with Crippen molar-refractivity contribution < 1.29 is 19.1 Å². The van der Waals surface area contributed by atoms with Crippen LogP contribution in [0.4, 0.5) is 4.39 Å². The van der Waals surface area contributed by atoms with Crippen molar-refractivity contribution in [3.63, 3.8) is 0 Å². The molecule has 0 radical (unpaired) electrons. The van der Waals surface area contributed by atoms with E-state index in [-0.39, 0.29) is 17.7 Å². The Kier molecular flexibility index (Phi) is 4.87. The predicted molar refractivity (Wildman–Crippen MR) is 74.1 cm³/mol. The largest absolute Gasteiger partial charge is 0.481 e. The van der Waals surface area contributed by atoms with Gasteiger partial charge in [0.2, 0.25) is 0 Å². The molecule has 0 saturated carbocycles. The number of rotatable bonds is 4. The first-order valence-electron chi connectivity index (χ1n) is 6.40. The van der Waals surface area contributed by atoms with Crippen molar-refractivity contribution in [2.45, 2.75) is 40.2 Å². The number of hydrogen-bond donors (Lipinski definition) is 2. The SMILES string of the molecule is Cc1cc(C(=O)NC(CC(=O)O)C(C)(C)C)ccc1F. The van der Waals surface area contributed by atoms with Crippen LogP contribution in [0.25, 0.3) is 0 Å². The molecule has 0 aliphatic heterocycles. The van der Waals surface area contributed by atoms with E-state index in [1.54, 1.807) is 6.92 Å². The van der Waals surface area contributed by atoms with Gasteiger partial charge in [0.25, 0.3) is 5.91 Å². The van der Waals surface area contributed by atoms with E-state index < -0.39 is 17.9 Å². The third kappa shape index (κ3) is 4.33. The molecule has 20 heavy (non-hydrogen) atoms. The van der Waals surface area contributed by atoms with Gasteiger partial charge in [-0.25, -0.2) is 4.39 Å². The Morgan fingerprint density at radius 2 is 1.95 bits per heavy atom. The number of carbonyl (C=O) groups excluding carboxylic acids is 1. The number of amides is 1. The average Bonchev–Trinajstić information content (AvgIpc) is 2.30. The van der Waals surface area contributed by atoms with Crippen molar-refractivity contribution >= 4 is 11.9 Å². The molecule has 0 aliphatic rings. The molecule has 1 amide bonds. The number of carboxylic acid groups (broad SMARTS) is 1. The van der Waals surface area contributed by atoms with Crippen LogP contribution in [-0.2, 0) is 4.79 Å². The van der Waals surface area contributed by atoms with Crippen molar-refractivity contribution in [2.24, 2.45) is 5.41 Å². The van der Waals surface area contributed by atoms with Gasteiger partial charge in [-0.05, 0) is 36.1 Å². The Labute approximate surface area is 118 Å². The summed E-state index contributed by atoms with van der Waals surface area (Å²) in [6.45, 7) is 7.15. The third-order valence-corrected chi connectivity index (χ3v) is 3.15. The lowest BCUT2D eigenvalue weighted by Gasteiger charge is -2.30. The van der Waals surface area contributed by atoms with Gasteiger partial charge in [-0.15, -0.1) is 0 Å². The van der Waals surface area contributed by atoms with E-state index in [2.05, 4.69) is 5.32 Å². The van der Waals surface area contributed by atoms with Crippen LogP contribution in [0.2, 0.25) is 0 Å². The summed E-state index contributed by atoms with van der Waals surface area (Å²) in [6.07, 6.45) is -0.157. The lowest BCUT2D eigenvalue weighted by molar-refractivity contribution is -0.138. The molecule has 1 rings (SSSR count). The summed E-state index contributed by atoms with van der Waals surface area (Å²) in [5.41, 5.74) is 0.315. The van der Waals surface area contributed by atoms with Gasteiger partial charge in [0.05, 0.1) is 6.42 Å². The summed E-state index contributed by atoms with van der Waals surface area (Å²) in [5.74, 6) is -1.74. The van der Waals surface area contributed by atoms with Crippen molar-refractivity contribution in [1.29, 1.82) is 0 Å². The van der Waals surface area contributed by atoms with Gasteiger partial charge in [0.15, 0.2) is 0 Å². The van der Waals surface area contributed by atoms with E-state index in [0.717, 1.165) is 0 Å². The Hall–Kier alpha value is -1.91. The summed E-state index contributed by atoms with van der Waals surface area (Å²) >= 11 is 0. The van der Waals surface area contributed by atoms with Crippen molar-refractivity contribution in [1.82, 2.24) is 5.32 Å². The zero-order valence-corrected chi connectivity index (χ0v) is 12.2. The monoisotopic (exact) mass is 281 g/mol. The molecule has 1 unspecified atom stereocenters. The summed E-state index contributed by atoms with van der Waals surface area (Å²) in [4.78, 5) is 23.0. The second-order valence-corrected chi connectivity index (χ2v) is 5.95. The highest BCUT2D eigenvalue weighted by molar-refractivity contribution is 5.94. The molecule has 4 nitrogen and oxygen atoms in total. The topological polar surface area (TPSA) is 66.4 Å². The van der Waals surface area contributed by atoms with Gasteiger partial charge in [-0.2, -0.15) is 0 Å². The number of hydrogen-bond acceptors (Lipinski definition) is 2. The zero-order valence-electron chi connectivity index (χ0n) is 12.2. The van der Waals surface area contributed by atoms with E-state index in [9.17, 15) is 14.0 Å². The van der Waals surface area contributed by atoms with Gasteiger partial charge in [-0.1, -0.05) is 20.8 Å². The van der Waals surface area contributed by atoms with Gasteiger partial charge in [0.1, 0.15) is 5.82 Å². The second-order valence-electron chi connectivity index (χ2n) is 5.95. The van der Waals surface area contributed by atoms with Gasteiger partial charge < -0.3 is 10.4 Å². The van der Waals surface area contributed by atoms with Crippen LogP contribution < -0.4 is 5.32 Å². The fraction of sp³-hybridized carbons (Fsp3) is 0.467. The molecule has 1 atom stereocenters. The maximum atomic E-state index is 13.2. The second kappa shape index (κ2) is 6.03. The first kappa shape index (κ1) is 16.1. The molecule has 0 bridgehead atoms. The highest BCUT2D eigenvalue weighted by atomic mass is 19.1. The van der Waals surface area contributed by atoms with E-state index in [0.29, 0.717) is 11.1 Å². The summed E-state index contributed by atoms with van der Waals surface area (Å²) in [5, 5.41) is 11.6. The van der Waals surface area contributed by atoms with E-state index in [1.165, 1.54) is 18.2 Å². The Morgan fingerprint density at radius 3 is 2.40 bits per heavy atom. The van der Waals surface area contributed by atoms with Crippen molar-refractivity contribution in [3.05, 3.63) is 35.1 Å². The standard InChI is InChI=1S/C15H20FNO3/c1-9-7-10(5-6-11(9)16)14(20)17-12(8-13(18)19)15(2,3)4/h5-7,12H,8H2,1-4H3,(H,17,20)(H,18,19). The minimum atomic E-state index is -0.972. The molecule has 5 heteroatoms. The minimum Gasteiger partial charge on any atom is -0.481 e. The first-order valence-corrected chi connectivity index (χ1v) is 6.40. The molecule has 0 aromatic heterocycles. The molecule has 110 valence electrons. The fourth-order valence-corrected chi connectivity index (χ4v) is 1.78. The van der Waals surface area contributed by atoms with Crippen molar-refractivity contribution in [3.8, 4) is 0 Å². The summed E-state index contributed by atoms with van der Waals surface area (Å²) < 4.78 is 13.2. The highest BCUT2D eigenvalue weighted by Gasteiger charge is 2.28. The highest BCUT2D eigenvalue weighted by Crippen LogP contribution is 2.22. The van der Waals surface area contributed by atoms with Gasteiger partial charge in [0, 0.05) is 11.6 Å². The van der Waals surface area contributed by atoms with Crippen LogP contribution in [0.5, 0.6) is 0 Å². The molecule has 0 spiro atoms. The molecule has 0 saturated heterocycles. The Balaban J connectivity index is 2.90. The zero-order chi connectivity index (χ0) is 15.5. The van der Waals surface area contributed by atoms with Gasteiger partial charge >= 0.3 is 5.97 Å². The van der Waals surface area contributed by atoms with Crippen LogP contribution in [-0.4, -0.2) is 23.0 Å². The third-order valence-electron chi connectivity index (χ3n) is 3.15. The van der Waals surface area contributed by atoms with Gasteiger partial charge in [-0.3, -0.25) is 9.59 Å². The minimum absolute atomic E-state index is 0.157. The quantitative estimate of drug-likeness (QED) is 0.891. The molecule has 0 heterocycles. The van der Waals surface area contributed by atoms with Crippen LogP contribution in [0.3, 0.4) is 0 Å².